The lowest BCUT2D eigenvalue weighted by atomic mass is 9.68. The molecule has 0 radical (unpaired) electrons. The van der Waals surface area contributed by atoms with Crippen LogP contribution in [-0.2, 0) is 0 Å². The Kier molecular flexibility index (Phi) is 6.81. The Hall–Kier alpha value is -6.58. The number of fused-ring (bicyclic) bond motifs is 10. The van der Waals surface area contributed by atoms with Crippen LogP contribution in [0.4, 0.5) is 28.4 Å². The van der Waals surface area contributed by atoms with E-state index in [0.29, 0.717) is 5.92 Å². The first-order valence-electron chi connectivity index (χ1n) is 18.6. The molecule has 0 saturated carbocycles. The van der Waals surface area contributed by atoms with Crippen LogP contribution in [0.25, 0.3) is 28.7 Å². The molecule has 4 aliphatic rings. The number of para-hydroxylation sites is 4. The van der Waals surface area contributed by atoms with Crippen molar-refractivity contribution in [3.05, 3.63) is 215 Å². The molecule has 6 aromatic carbocycles. The van der Waals surface area contributed by atoms with E-state index >= 15 is 0 Å². The van der Waals surface area contributed by atoms with Crippen molar-refractivity contribution in [1.82, 2.24) is 0 Å². The molecule has 7 aromatic rings. The second-order valence-corrected chi connectivity index (χ2v) is 14.4. The smallest absolute Gasteiger partial charge is 0.136 e. The van der Waals surface area contributed by atoms with Gasteiger partial charge in [-0.3, -0.25) is 0 Å². The van der Waals surface area contributed by atoms with Crippen molar-refractivity contribution in [2.24, 2.45) is 5.92 Å². The molecule has 0 N–H and O–H groups in total. The molecule has 3 nitrogen and oxygen atoms in total. The standard InChI is InChI=1S/C50H36N2O/c1-3-16-34(17-4-1)51(35-18-5-2-6-19-35)36-27-29-37(30-28-36)52-46-25-13-11-24-42(46)48-44(32-45-41-23-12-14-26-47(41)53-50(45)49(48)52)43-31-33-15-7-8-20-38(33)39-21-9-10-22-40(39)43/h1-21,23-32,40,48-49H,22H2. The van der Waals surface area contributed by atoms with E-state index in [1.807, 2.05) is 0 Å². The molecule has 0 saturated heterocycles. The molecule has 0 bridgehead atoms. The first kappa shape index (κ1) is 30.1. The van der Waals surface area contributed by atoms with Gasteiger partial charge in [-0.25, -0.2) is 0 Å². The van der Waals surface area contributed by atoms with Crippen molar-refractivity contribution in [2.45, 2.75) is 18.4 Å². The SMILES string of the molecule is C1=CCC2C(C3=Cc4c(oc5ccccc45)C4C3c3ccccc3N4c3ccc(N(c4ccccc4)c4ccccc4)cc3)=Cc3ccccc3C2=C1. The highest BCUT2D eigenvalue weighted by Gasteiger charge is 2.49. The maximum absolute atomic E-state index is 6.93. The highest BCUT2D eigenvalue weighted by molar-refractivity contribution is 5.96. The van der Waals surface area contributed by atoms with Crippen molar-refractivity contribution in [3.8, 4) is 0 Å². The van der Waals surface area contributed by atoms with Crippen LogP contribution < -0.4 is 9.80 Å². The molecular weight excluding hydrogens is 645 g/mol. The molecule has 3 unspecified atom stereocenters. The summed E-state index contributed by atoms with van der Waals surface area (Å²) in [6.45, 7) is 0. The summed E-state index contributed by atoms with van der Waals surface area (Å²) in [5.41, 5.74) is 16.1. The Morgan fingerprint density at radius 1 is 0.585 bits per heavy atom. The van der Waals surface area contributed by atoms with E-state index in [0.717, 1.165) is 40.5 Å². The maximum Gasteiger partial charge on any atom is 0.136 e. The zero-order valence-electron chi connectivity index (χ0n) is 29.1. The summed E-state index contributed by atoms with van der Waals surface area (Å²) >= 11 is 0. The molecule has 3 heteroatoms. The minimum absolute atomic E-state index is 0.0513. The second kappa shape index (κ2) is 12.0. The first-order chi connectivity index (χ1) is 26.3. The summed E-state index contributed by atoms with van der Waals surface area (Å²) in [4.78, 5) is 4.86. The molecule has 1 aliphatic heterocycles. The monoisotopic (exact) mass is 680 g/mol. The van der Waals surface area contributed by atoms with Crippen LogP contribution in [0.1, 0.15) is 46.4 Å². The lowest BCUT2D eigenvalue weighted by Gasteiger charge is -2.38. The zero-order valence-corrected chi connectivity index (χ0v) is 29.1. The van der Waals surface area contributed by atoms with Gasteiger partial charge in [0.2, 0.25) is 0 Å². The highest BCUT2D eigenvalue weighted by Crippen LogP contribution is 2.62. The van der Waals surface area contributed by atoms with Gasteiger partial charge in [0, 0.05) is 51.2 Å². The first-order valence-corrected chi connectivity index (χ1v) is 18.6. The average molecular weight is 681 g/mol. The fraction of sp³-hybridized carbons (Fsp3) is 0.0800. The van der Waals surface area contributed by atoms with Crippen LogP contribution in [0, 0.1) is 5.92 Å². The van der Waals surface area contributed by atoms with Crippen LogP contribution in [-0.4, -0.2) is 0 Å². The molecule has 53 heavy (non-hydrogen) atoms. The van der Waals surface area contributed by atoms with Gasteiger partial charge in [-0.05, 0) is 107 Å². The van der Waals surface area contributed by atoms with Gasteiger partial charge in [-0.15, -0.1) is 0 Å². The van der Waals surface area contributed by atoms with Gasteiger partial charge in [0.05, 0.1) is 0 Å². The Morgan fingerprint density at radius 3 is 2.08 bits per heavy atom. The summed E-state index contributed by atoms with van der Waals surface area (Å²) < 4.78 is 6.93. The number of allylic oxidation sites excluding steroid dienone is 5. The number of rotatable bonds is 5. The minimum atomic E-state index is -0.0513. The fourth-order valence-electron chi connectivity index (χ4n) is 9.31. The number of anilines is 5. The second-order valence-electron chi connectivity index (χ2n) is 14.4. The summed E-state index contributed by atoms with van der Waals surface area (Å²) in [5, 5.41) is 1.17. The zero-order chi connectivity index (χ0) is 34.9. The lowest BCUT2D eigenvalue weighted by molar-refractivity contribution is 0.471. The van der Waals surface area contributed by atoms with Crippen molar-refractivity contribution in [1.29, 1.82) is 0 Å². The van der Waals surface area contributed by atoms with Gasteiger partial charge in [0.15, 0.2) is 0 Å². The minimum Gasteiger partial charge on any atom is -0.458 e. The van der Waals surface area contributed by atoms with Crippen molar-refractivity contribution >= 4 is 57.1 Å². The molecule has 3 aliphatic carbocycles. The summed E-state index contributed by atoms with van der Waals surface area (Å²) in [7, 11) is 0. The molecule has 3 atom stereocenters. The van der Waals surface area contributed by atoms with Crippen LogP contribution >= 0.6 is 0 Å². The van der Waals surface area contributed by atoms with Crippen molar-refractivity contribution in [3.63, 3.8) is 0 Å². The molecule has 2 heterocycles. The maximum atomic E-state index is 6.93. The van der Waals surface area contributed by atoms with Crippen LogP contribution in [0.5, 0.6) is 0 Å². The molecular formula is C50H36N2O. The topological polar surface area (TPSA) is 19.6 Å². The van der Waals surface area contributed by atoms with Gasteiger partial charge >= 0.3 is 0 Å². The molecule has 0 fully saturated rings. The average Bonchev–Trinajstić information content (AvgIpc) is 3.78. The van der Waals surface area contributed by atoms with E-state index in [2.05, 4.69) is 198 Å². The predicted molar refractivity (Wildman–Crippen MR) is 219 cm³/mol. The third-order valence-corrected chi connectivity index (χ3v) is 11.6. The summed E-state index contributed by atoms with van der Waals surface area (Å²) in [5.74, 6) is 1.42. The lowest BCUT2D eigenvalue weighted by Crippen LogP contribution is -2.27. The van der Waals surface area contributed by atoms with Gasteiger partial charge in [-0.2, -0.15) is 0 Å². The Labute approximate surface area is 309 Å². The van der Waals surface area contributed by atoms with E-state index in [9.17, 15) is 0 Å². The summed E-state index contributed by atoms with van der Waals surface area (Å²) in [6, 6.07) is 56.7. The van der Waals surface area contributed by atoms with Crippen LogP contribution in [0.2, 0.25) is 0 Å². The van der Waals surface area contributed by atoms with E-state index in [1.165, 1.54) is 50.0 Å². The van der Waals surface area contributed by atoms with E-state index < -0.39 is 0 Å². The van der Waals surface area contributed by atoms with Gasteiger partial charge in [0.1, 0.15) is 17.4 Å². The molecule has 0 spiro atoms. The van der Waals surface area contributed by atoms with E-state index in [1.54, 1.807) is 0 Å². The highest BCUT2D eigenvalue weighted by atomic mass is 16.3. The number of benzene rings is 6. The quantitative estimate of drug-likeness (QED) is 0.180. The number of nitrogens with zero attached hydrogens (tertiary/aromatic N) is 2. The Morgan fingerprint density at radius 2 is 1.26 bits per heavy atom. The molecule has 1 aromatic heterocycles. The van der Waals surface area contributed by atoms with Gasteiger partial charge in [0.25, 0.3) is 0 Å². The number of furan rings is 1. The van der Waals surface area contributed by atoms with E-state index in [4.69, 9.17) is 4.42 Å². The third-order valence-electron chi connectivity index (χ3n) is 11.6. The normalized spacial score (nSPS) is 19.3. The van der Waals surface area contributed by atoms with E-state index in [-0.39, 0.29) is 12.0 Å². The third kappa shape index (κ3) is 4.67. The van der Waals surface area contributed by atoms with Crippen molar-refractivity contribution in [2.75, 3.05) is 9.80 Å². The number of hydrogen-bond acceptors (Lipinski definition) is 3. The summed E-state index contributed by atoms with van der Waals surface area (Å²) in [6.07, 6.45) is 12.8. The Bertz CT molecular complexity index is 2620. The molecule has 252 valence electrons. The molecule has 0 amide bonds. The predicted octanol–water partition coefficient (Wildman–Crippen LogP) is 13.3. The van der Waals surface area contributed by atoms with Crippen LogP contribution in [0.15, 0.2) is 192 Å². The van der Waals surface area contributed by atoms with Crippen molar-refractivity contribution < 1.29 is 4.42 Å². The van der Waals surface area contributed by atoms with Gasteiger partial charge < -0.3 is 14.2 Å². The fourth-order valence-corrected chi connectivity index (χ4v) is 9.31. The number of hydrogen-bond donors (Lipinski definition) is 0. The van der Waals surface area contributed by atoms with Gasteiger partial charge in [-0.1, -0.05) is 121 Å². The Balaban J connectivity index is 1.09. The molecule has 11 rings (SSSR count). The van der Waals surface area contributed by atoms with Crippen LogP contribution in [0.3, 0.4) is 0 Å². The largest absolute Gasteiger partial charge is 0.458 e.